The van der Waals surface area contributed by atoms with Crippen molar-refractivity contribution in [3.05, 3.63) is 78.4 Å². The van der Waals surface area contributed by atoms with Crippen molar-refractivity contribution < 1.29 is 13.9 Å². The molecule has 3 aromatic heterocycles. The summed E-state index contributed by atoms with van der Waals surface area (Å²) in [6.07, 6.45) is 3.79. The fraction of sp³-hybridized carbons (Fsp3) is 0.167. The summed E-state index contributed by atoms with van der Waals surface area (Å²) in [6, 6.07) is 18.5. The van der Waals surface area contributed by atoms with Gasteiger partial charge in [0.1, 0.15) is 23.1 Å². The topological polar surface area (TPSA) is 102 Å². The van der Waals surface area contributed by atoms with Crippen LogP contribution in [0.15, 0.2) is 71.3 Å². The second kappa shape index (κ2) is 8.50. The van der Waals surface area contributed by atoms with Crippen molar-refractivity contribution in [2.45, 2.75) is 18.8 Å². The van der Waals surface area contributed by atoms with Crippen molar-refractivity contribution in [2.24, 2.45) is 0 Å². The number of anilines is 2. The van der Waals surface area contributed by atoms with E-state index in [0.717, 1.165) is 18.4 Å². The van der Waals surface area contributed by atoms with Crippen LogP contribution in [-0.2, 0) is 0 Å². The number of ether oxygens (including phenoxy) is 1. The summed E-state index contributed by atoms with van der Waals surface area (Å²) in [4.78, 5) is 25.1. The van der Waals surface area contributed by atoms with Gasteiger partial charge in [0.25, 0.3) is 5.91 Å². The standard InChI is InChI=1S/C24H21N5O3/c1-25-22(30)18-8-5-9-19(27-18)28-20-14-17(12-13-26-20)31-24-21(15-6-3-2-4-7-15)29-23(32-24)16-10-11-16/h2-9,12-14,16H,10-11H2,1H3,(H,25,30)(H,26,27,28). The molecule has 1 aliphatic rings. The Labute approximate surface area is 184 Å². The first-order valence-corrected chi connectivity index (χ1v) is 10.4. The number of oxazole rings is 1. The number of aromatic nitrogens is 3. The van der Waals surface area contributed by atoms with E-state index >= 15 is 0 Å². The number of carbonyl (C=O) groups excluding carboxylic acids is 1. The summed E-state index contributed by atoms with van der Waals surface area (Å²) in [7, 11) is 1.56. The monoisotopic (exact) mass is 427 g/mol. The van der Waals surface area contributed by atoms with Crippen LogP contribution in [0.25, 0.3) is 11.3 Å². The second-order valence-electron chi connectivity index (χ2n) is 7.42. The fourth-order valence-corrected chi connectivity index (χ4v) is 3.21. The third-order valence-electron chi connectivity index (χ3n) is 4.99. The Morgan fingerprint density at radius 1 is 1.03 bits per heavy atom. The molecule has 1 saturated carbocycles. The maximum absolute atomic E-state index is 11.8. The first-order chi connectivity index (χ1) is 15.7. The van der Waals surface area contributed by atoms with Crippen LogP contribution >= 0.6 is 0 Å². The zero-order chi connectivity index (χ0) is 21.9. The van der Waals surface area contributed by atoms with Crippen molar-refractivity contribution >= 4 is 17.5 Å². The molecule has 160 valence electrons. The third kappa shape index (κ3) is 4.29. The number of benzene rings is 1. The van der Waals surface area contributed by atoms with Gasteiger partial charge in [-0.25, -0.2) is 15.0 Å². The number of carbonyl (C=O) groups is 1. The Hall–Kier alpha value is -4.20. The minimum absolute atomic E-state index is 0.260. The predicted octanol–water partition coefficient (Wildman–Crippen LogP) is 4.90. The zero-order valence-corrected chi connectivity index (χ0v) is 17.4. The van der Waals surface area contributed by atoms with Crippen LogP contribution in [0.3, 0.4) is 0 Å². The number of hydrogen-bond acceptors (Lipinski definition) is 7. The predicted molar refractivity (Wildman–Crippen MR) is 119 cm³/mol. The van der Waals surface area contributed by atoms with Gasteiger partial charge in [-0.3, -0.25) is 4.79 Å². The van der Waals surface area contributed by atoms with Gasteiger partial charge in [-0.05, 0) is 31.0 Å². The summed E-state index contributed by atoms with van der Waals surface area (Å²) in [5, 5.41) is 5.66. The molecule has 0 bridgehead atoms. The van der Waals surface area contributed by atoms with Gasteiger partial charge in [0.2, 0.25) is 5.89 Å². The highest BCUT2D eigenvalue weighted by Crippen LogP contribution is 2.44. The lowest BCUT2D eigenvalue weighted by Gasteiger charge is -2.08. The van der Waals surface area contributed by atoms with Crippen LogP contribution in [0.1, 0.15) is 35.1 Å². The average molecular weight is 427 g/mol. The Balaban J connectivity index is 1.40. The van der Waals surface area contributed by atoms with Crippen molar-refractivity contribution in [2.75, 3.05) is 12.4 Å². The molecule has 8 nitrogen and oxygen atoms in total. The van der Waals surface area contributed by atoms with Crippen LogP contribution in [0.2, 0.25) is 0 Å². The molecular weight excluding hydrogens is 406 g/mol. The SMILES string of the molecule is CNC(=O)c1cccc(Nc2cc(Oc3oc(C4CC4)nc3-c3ccccc3)ccn2)n1. The van der Waals surface area contributed by atoms with E-state index in [-0.39, 0.29) is 5.91 Å². The number of pyridine rings is 2. The minimum Gasteiger partial charge on any atom is -0.424 e. The van der Waals surface area contributed by atoms with Gasteiger partial charge in [-0.2, -0.15) is 0 Å². The molecule has 0 saturated heterocycles. The summed E-state index contributed by atoms with van der Waals surface area (Å²) < 4.78 is 12.1. The molecule has 0 spiro atoms. The van der Waals surface area contributed by atoms with Gasteiger partial charge in [0.15, 0.2) is 5.69 Å². The van der Waals surface area contributed by atoms with Gasteiger partial charge >= 0.3 is 5.95 Å². The summed E-state index contributed by atoms with van der Waals surface area (Å²) in [5.41, 5.74) is 1.92. The molecule has 5 rings (SSSR count). The average Bonchev–Trinajstić information content (AvgIpc) is 3.60. The molecule has 3 heterocycles. The molecule has 1 fully saturated rings. The maximum atomic E-state index is 11.8. The first kappa shape index (κ1) is 19.7. The van der Waals surface area contributed by atoms with Gasteiger partial charge in [0.05, 0.1) is 0 Å². The van der Waals surface area contributed by atoms with E-state index in [1.54, 1.807) is 43.6 Å². The van der Waals surface area contributed by atoms with Crippen molar-refractivity contribution in [1.29, 1.82) is 0 Å². The highest BCUT2D eigenvalue weighted by molar-refractivity contribution is 5.92. The van der Waals surface area contributed by atoms with Crippen LogP contribution in [0, 0.1) is 0 Å². The number of rotatable bonds is 7. The molecule has 32 heavy (non-hydrogen) atoms. The van der Waals surface area contributed by atoms with E-state index in [9.17, 15) is 4.79 Å². The largest absolute Gasteiger partial charge is 0.424 e. The van der Waals surface area contributed by atoms with E-state index < -0.39 is 0 Å². The van der Waals surface area contributed by atoms with Crippen molar-refractivity contribution in [3.63, 3.8) is 0 Å². The number of amides is 1. The minimum atomic E-state index is -0.260. The Morgan fingerprint density at radius 3 is 2.66 bits per heavy atom. The normalized spacial score (nSPS) is 12.9. The molecule has 1 aromatic carbocycles. The molecule has 0 unspecified atom stereocenters. The van der Waals surface area contributed by atoms with Gasteiger partial charge < -0.3 is 19.8 Å². The molecule has 2 N–H and O–H groups in total. The van der Waals surface area contributed by atoms with Crippen LogP contribution in [0.5, 0.6) is 11.7 Å². The Bertz CT molecular complexity index is 1250. The number of nitrogens with one attached hydrogen (secondary N) is 2. The quantitative estimate of drug-likeness (QED) is 0.432. The third-order valence-corrected chi connectivity index (χ3v) is 4.99. The lowest BCUT2D eigenvalue weighted by molar-refractivity contribution is 0.0958. The lowest BCUT2D eigenvalue weighted by atomic mass is 10.2. The van der Waals surface area contributed by atoms with Crippen molar-refractivity contribution in [1.82, 2.24) is 20.3 Å². The molecule has 0 radical (unpaired) electrons. The lowest BCUT2D eigenvalue weighted by Crippen LogP contribution is -2.19. The van der Waals surface area contributed by atoms with E-state index in [0.29, 0.717) is 46.5 Å². The van der Waals surface area contributed by atoms with Crippen molar-refractivity contribution in [3.8, 4) is 23.0 Å². The molecule has 8 heteroatoms. The van der Waals surface area contributed by atoms with Gasteiger partial charge in [-0.1, -0.05) is 36.4 Å². The van der Waals surface area contributed by atoms with E-state index in [4.69, 9.17) is 14.1 Å². The number of hydrogen-bond donors (Lipinski definition) is 2. The molecule has 4 aromatic rings. The Kier molecular flexibility index (Phi) is 5.25. The van der Waals surface area contributed by atoms with Gasteiger partial charge in [0, 0.05) is 30.8 Å². The molecule has 0 aliphatic heterocycles. The first-order valence-electron chi connectivity index (χ1n) is 10.4. The summed E-state index contributed by atoms with van der Waals surface area (Å²) >= 11 is 0. The fourth-order valence-electron chi connectivity index (χ4n) is 3.21. The van der Waals surface area contributed by atoms with E-state index in [1.165, 1.54) is 0 Å². The van der Waals surface area contributed by atoms with Crippen LogP contribution in [-0.4, -0.2) is 27.9 Å². The van der Waals surface area contributed by atoms with E-state index in [2.05, 4.69) is 20.6 Å². The highest BCUT2D eigenvalue weighted by Gasteiger charge is 2.31. The molecular formula is C24H21N5O3. The highest BCUT2D eigenvalue weighted by atomic mass is 16.6. The molecule has 0 atom stereocenters. The zero-order valence-electron chi connectivity index (χ0n) is 17.4. The van der Waals surface area contributed by atoms with Crippen LogP contribution < -0.4 is 15.4 Å². The van der Waals surface area contributed by atoms with Gasteiger partial charge in [-0.15, -0.1) is 0 Å². The number of nitrogens with zero attached hydrogens (tertiary/aromatic N) is 3. The van der Waals surface area contributed by atoms with Crippen LogP contribution in [0.4, 0.5) is 11.6 Å². The van der Waals surface area contributed by atoms with E-state index in [1.807, 2.05) is 30.3 Å². The smallest absolute Gasteiger partial charge is 0.319 e. The molecule has 1 aliphatic carbocycles. The summed E-state index contributed by atoms with van der Waals surface area (Å²) in [6.45, 7) is 0. The summed E-state index contributed by atoms with van der Waals surface area (Å²) in [5.74, 6) is 2.73. The Morgan fingerprint density at radius 2 is 1.88 bits per heavy atom. The maximum Gasteiger partial charge on any atom is 0.319 e. The second-order valence-corrected chi connectivity index (χ2v) is 7.42. The molecule has 1 amide bonds.